The number of carbonyl (C=O) groups is 1. The van der Waals surface area contributed by atoms with E-state index in [1.54, 1.807) is 14.2 Å². The van der Waals surface area contributed by atoms with Gasteiger partial charge in [-0.3, -0.25) is 4.79 Å². The molecular formula is C21H32N2O3. The van der Waals surface area contributed by atoms with Gasteiger partial charge in [0.05, 0.1) is 13.5 Å². The summed E-state index contributed by atoms with van der Waals surface area (Å²) in [6.07, 6.45) is 6.06. The summed E-state index contributed by atoms with van der Waals surface area (Å²) >= 11 is 0. The van der Waals surface area contributed by atoms with E-state index in [4.69, 9.17) is 9.47 Å². The average molecular weight is 360 g/mol. The van der Waals surface area contributed by atoms with Crippen LogP contribution in [0.4, 0.5) is 0 Å². The van der Waals surface area contributed by atoms with Crippen LogP contribution in [0, 0.1) is 5.92 Å². The van der Waals surface area contributed by atoms with Gasteiger partial charge in [0.1, 0.15) is 5.75 Å². The zero-order chi connectivity index (χ0) is 18.4. The minimum absolute atomic E-state index is 0.0880. The lowest BCUT2D eigenvalue weighted by atomic mass is 9.84. The molecule has 5 nitrogen and oxygen atoms in total. The summed E-state index contributed by atoms with van der Waals surface area (Å²) in [5.41, 5.74) is 0.848. The summed E-state index contributed by atoms with van der Waals surface area (Å²) in [6.45, 7) is 4.06. The number of amides is 1. The molecule has 1 heterocycles. The smallest absolute Gasteiger partial charge is 0.224 e. The van der Waals surface area contributed by atoms with Gasteiger partial charge in [0.25, 0.3) is 0 Å². The molecule has 1 saturated heterocycles. The molecule has 2 aliphatic rings. The Morgan fingerprint density at radius 3 is 2.69 bits per heavy atom. The first-order valence-corrected chi connectivity index (χ1v) is 9.78. The molecule has 1 saturated carbocycles. The molecule has 5 heteroatoms. The van der Waals surface area contributed by atoms with Crippen molar-refractivity contribution < 1.29 is 14.3 Å². The van der Waals surface area contributed by atoms with E-state index in [9.17, 15) is 4.79 Å². The molecule has 0 aromatic heterocycles. The van der Waals surface area contributed by atoms with E-state index in [2.05, 4.69) is 10.2 Å². The highest BCUT2D eigenvalue weighted by Crippen LogP contribution is 2.33. The Labute approximate surface area is 157 Å². The Hall–Kier alpha value is -1.59. The highest BCUT2D eigenvalue weighted by Gasteiger charge is 2.37. The fourth-order valence-corrected chi connectivity index (χ4v) is 3.87. The Morgan fingerprint density at radius 1 is 1.27 bits per heavy atom. The van der Waals surface area contributed by atoms with Gasteiger partial charge in [-0.05, 0) is 55.7 Å². The number of piperidine rings is 1. The van der Waals surface area contributed by atoms with Crippen LogP contribution in [0.2, 0.25) is 0 Å². The molecular weight excluding hydrogens is 328 g/mol. The van der Waals surface area contributed by atoms with Crippen molar-refractivity contribution in [2.24, 2.45) is 5.92 Å². The molecule has 26 heavy (non-hydrogen) atoms. The lowest BCUT2D eigenvalue weighted by Gasteiger charge is -2.42. The van der Waals surface area contributed by atoms with Crippen molar-refractivity contribution in [3.8, 4) is 5.75 Å². The Bertz CT molecular complexity index is 593. The number of nitrogens with one attached hydrogen (secondary N) is 1. The number of benzene rings is 1. The van der Waals surface area contributed by atoms with Crippen molar-refractivity contribution in [2.45, 2.75) is 44.1 Å². The van der Waals surface area contributed by atoms with Crippen molar-refractivity contribution in [1.82, 2.24) is 10.2 Å². The van der Waals surface area contributed by atoms with Crippen molar-refractivity contribution >= 4 is 5.91 Å². The molecule has 144 valence electrons. The third-order valence-electron chi connectivity index (χ3n) is 5.71. The fraction of sp³-hybridized carbons (Fsp3) is 0.667. The molecule has 0 unspecified atom stereocenters. The Morgan fingerprint density at radius 2 is 2.04 bits per heavy atom. The van der Waals surface area contributed by atoms with Crippen molar-refractivity contribution in [1.29, 1.82) is 0 Å². The van der Waals surface area contributed by atoms with Gasteiger partial charge in [-0.25, -0.2) is 0 Å². The minimum atomic E-state index is -0.133. The van der Waals surface area contributed by atoms with Gasteiger partial charge >= 0.3 is 0 Å². The topological polar surface area (TPSA) is 50.8 Å². The Balaban J connectivity index is 1.57. The van der Waals surface area contributed by atoms with Gasteiger partial charge in [0.15, 0.2) is 0 Å². The maximum absolute atomic E-state index is 12.7. The summed E-state index contributed by atoms with van der Waals surface area (Å²) in [5, 5.41) is 3.36. The Kier molecular flexibility index (Phi) is 6.54. The van der Waals surface area contributed by atoms with E-state index >= 15 is 0 Å². The molecule has 0 bridgehead atoms. The molecule has 0 spiro atoms. The second-order valence-corrected chi connectivity index (χ2v) is 7.84. The van der Waals surface area contributed by atoms with Gasteiger partial charge < -0.3 is 19.7 Å². The van der Waals surface area contributed by atoms with Gasteiger partial charge in [0.2, 0.25) is 5.91 Å². The maximum Gasteiger partial charge on any atom is 0.224 e. The van der Waals surface area contributed by atoms with Crippen LogP contribution in [-0.2, 0) is 16.0 Å². The zero-order valence-electron chi connectivity index (χ0n) is 16.1. The molecule has 1 aliphatic carbocycles. The van der Waals surface area contributed by atoms with Crippen LogP contribution in [0.25, 0.3) is 0 Å². The first-order valence-electron chi connectivity index (χ1n) is 9.78. The monoisotopic (exact) mass is 360 g/mol. The summed E-state index contributed by atoms with van der Waals surface area (Å²) in [6, 6.07) is 7.73. The van der Waals surface area contributed by atoms with Gasteiger partial charge in [0, 0.05) is 38.9 Å². The predicted octanol–water partition coefficient (Wildman–Crippen LogP) is 2.63. The fourth-order valence-electron chi connectivity index (χ4n) is 3.87. The van der Waals surface area contributed by atoms with Crippen LogP contribution in [-0.4, -0.2) is 56.8 Å². The molecule has 3 rings (SSSR count). The van der Waals surface area contributed by atoms with E-state index in [1.165, 1.54) is 19.4 Å². The standard InChI is InChI=1S/C21H32N2O3/c1-25-13-10-21(8-11-23(12-9-21)16-17-6-7-17)22-20(24)15-18-4-3-5-19(14-18)26-2/h3-5,14,17H,6-13,15-16H2,1-2H3,(H,22,24). The highest BCUT2D eigenvalue weighted by molar-refractivity contribution is 5.79. The van der Waals surface area contributed by atoms with Crippen molar-refractivity contribution in [3.05, 3.63) is 29.8 Å². The number of rotatable bonds is 9. The SMILES string of the molecule is COCCC1(NC(=O)Cc2cccc(OC)c2)CCN(CC2CC2)CC1. The molecule has 1 aliphatic heterocycles. The number of methoxy groups -OCH3 is 2. The van der Waals surface area contributed by atoms with E-state index in [0.29, 0.717) is 13.0 Å². The molecule has 1 N–H and O–H groups in total. The summed E-state index contributed by atoms with van der Waals surface area (Å²) in [4.78, 5) is 15.3. The van der Waals surface area contributed by atoms with Crippen LogP contribution < -0.4 is 10.1 Å². The molecule has 1 aromatic rings. The number of hydrogen-bond acceptors (Lipinski definition) is 4. The average Bonchev–Trinajstić information content (AvgIpc) is 3.46. The van der Waals surface area contributed by atoms with Crippen LogP contribution >= 0.6 is 0 Å². The number of carbonyl (C=O) groups excluding carboxylic acids is 1. The third kappa shape index (κ3) is 5.45. The van der Waals surface area contributed by atoms with Gasteiger partial charge in [-0.2, -0.15) is 0 Å². The van der Waals surface area contributed by atoms with E-state index in [1.807, 2.05) is 24.3 Å². The summed E-state index contributed by atoms with van der Waals surface area (Å²) < 4.78 is 10.6. The number of hydrogen-bond donors (Lipinski definition) is 1. The van der Waals surface area contributed by atoms with Crippen LogP contribution in [0.5, 0.6) is 5.75 Å². The first kappa shape index (κ1) is 19.2. The lowest BCUT2D eigenvalue weighted by Crippen LogP contribution is -2.56. The zero-order valence-corrected chi connectivity index (χ0v) is 16.1. The van der Waals surface area contributed by atoms with Crippen molar-refractivity contribution in [3.63, 3.8) is 0 Å². The quantitative estimate of drug-likeness (QED) is 0.736. The second kappa shape index (κ2) is 8.87. The van der Waals surface area contributed by atoms with Crippen molar-refractivity contribution in [2.75, 3.05) is 40.5 Å². The molecule has 0 atom stereocenters. The number of likely N-dealkylation sites (tertiary alicyclic amines) is 1. The maximum atomic E-state index is 12.7. The number of nitrogens with zero attached hydrogens (tertiary/aromatic N) is 1. The van der Waals surface area contributed by atoms with E-state index < -0.39 is 0 Å². The minimum Gasteiger partial charge on any atom is -0.497 e. The third-order valence-corrected chi connectivity index (χ3v) is 5.71. The molecule has 1 aromatic carbocycles. The van der Waals surface area contributed by atoms with Gasteiger partial charge in [-0.1, -0.05) is 12.1 Å². The van der Waals surface area contributed by atoms with E-state index in [0.717, 1.165) is 49.6 Å². The lowest BCUT2D eigenvalue weighted by molar-refractivity contribution is -0.123. The number of ether oxygens (including phenoxy) is 2. The van der Waals surface area contributed by atoms with Gasteiger partial charge in [-0.15, -0.1) is 0 Å². The normalized spacial score (nSPS) is 19.9. The first-order chi connectivity index (χ1) is 12.6. The summed E-state index contributed by atoms with van der Waals surface area (Å²) in [5.74, 6) is 1.80. The van der Waals surface area contributed by atoms with Crippen LogP contribution in [0.1, 0.15) is 37.7 Å². The predicted molar refractivity (Wildman–Crippen MR) is 102 cm³/mol. The highest BCUT2D eigenvalue weighted by atomic mass is 16.5. The second-order valence-electron chi connectivity index (χ2n) is 7.84. The van der Waals surface area contributed by atoms with Crippen LogP contribution in [0.15, 0.2) is 24.3 Å². The molecule has 2 fully saturated rings. The largest absolute Gasteiger partial charge is 0.497 e. The van der Waals surface area contributed by atoms with E-state index in [-0.39, 0.29) is 11.4 Å². The summed E-state index contributed by atoms with van der Waals surface area (Å²) in [7, 11) is 3.38. The van der Waals surface area contributed by atoms with Crippen LogP contribution in [0.3, 0.4) is 0 Å². The molecule has 0 radical (unpaired) electrons. The molecule has 1 amide bonds.